The van der Waals surface area contributed by atoms with Crippen molar-refractivity contribution in [3.05, 3.63) is 41.7 Å². The van der Waals surface area contributed by atoms with Crippen LogP contribution in [0, 0.1) is 5.82 Å². The maximum Gasteiger partial charge on any atom is 0.189 e. The number of nitrogens with zero attached hydrogens (tertiary/aromatic N) is 4. The van der Waals surface area contributed by atoms with Gasteiger partial charge in [0, 0.05) is 43.5 Å². The largest absolute Gasteiger partial charge is 0.504 e. The summed E-state index contributed by atoms with van der Waals surface area (Å²) in [5.41, 5.74) is 8.13. The van der Waals surface area contributed by atoms with Gasteiger partial charge < -0.3 is 21.1 Å². The van der Waals surface area contributed by atoms with Gasteiger partial charge in [-0.25, -0.2) is 14.4 Å². The number of fused-ring (bicyclic) bond motifs is 1. The third kappa shape index (κ3) is 6.41. The van der Waals surface area contributed by atoms with Crippen molar-refractivity contribution in [1.29, 1.82) is 0 Å². The summed E-state index contributed by atoms with van der Waals surface area (Å²) in [6, 6.07) is 9.62. The Morgan fingerprint density at radius 2 is 1.71 bits per heavy atom. The molecule has 34 heavy (non-hydrogen) atoms. The van der Waals surface area contributed by atoms with E-state index in [1.807, 2.05) is 39.1 Å². The van der Waals surface area contributed by atoms with E-state index in [2.05, 4.69) is 39.0 Å². The van der Waals surface area contributed by atoms with Crippen LogP contribution in [0.4, 0.5) is 15.9 Å². The molecule has 8 heteroatoms. The summed E-state index contributed by atoms with van der Waals surface area (Å²) in [4.78, 5) is 15.4. The minimum Gasteiger partial charge on any atom is -0.504 e. The standard InChI is InChI=1S/C20H20FN5O.C4H11N.C2H6/c1-23-11-12-10-13(20(27)18(21)19(12)22)14-4-5-16-15(24-14)6-7-17(25-16)26-8-2-3-9-26;1-4(2)5-3;1-2/h4-7,10-11,27H,2-3,8-9,22H2,1H3;4-5H,1-3H3;1-2H3. The van der Waals surface area contributed by atoms with E-state index in [1.165, 1.54) is 19.1 Å². The first-order valence-electron chi connectivity index (χ1n) is 11.8. The van der Waals surface area contributed by atoms with Crippen molar-refractivity contribution < 1.29 is 9.50 Å². The maximum absolute atomic E-state index is 14.3. The molecule has 4 N–H and O–H groups in total. The summed E-state index contributed by atoms with van der Waals surface area (Å²) < 4.78 is 14.3. The fourth-order valence-corrected chi connectivity index (χ4v) is 3.39. The van der Waals surface area contributed by atoms with Crippen molar-refractivity contribution >= 4 is 28.8 Å². The topological polar surface area (TPSA) is 99.7 Å². The zero-order valence-corrected chi connectivity index (χ0v) is 21.1. The Labute approximate surface area is 201 Å². The zero-order chi connectivity index (χ0) is 25.3. The molecule has 0 radical (unpaired) electrons. The van der Waals surface area contributed by atoms with Crippen LogP contribution in [0.5, 0.6) is 5.75 Å². The fourth-order valence-electron chi connectivity index (χ4n) is 3.39. The summed E-state index contributed by atoms with van der Waals surface area (Å²) >= 11 is 0. The van der Waals surface area contributed by atoms with Gasteiger partial charge in [0.2, 0.25) is 0 Å². The van der Waals surface area contributed by atoms with Crippen molar-refractivity contribution in [2.24, 2.45) is 4.99 Å². The van der Waals surface area contributed by atoms with Gasteiger partial charge in [-0.1, -0.05) is 27.7 Å². The molecule has 1 aliphatic heterocycles. The Balaban J connectivity index is 0.000000520. The lowest BCUT2D eigenvalue weighted by atomic mass is 10.0. The number of aromatic hydroxyl groups is 1. The maximum atomic E-state index is 14.3. The predicted octanol–water partition coefficient (Wildman–Crippen LogP) is 5.01. The van der Waals surface area contributed by atoms with E-state index >= 15 is 0 Å². The first-order valence-corrected chi connectivity index (χ1v) is 11.8. The van der Waals surface area contributed by atoms with Crippen LogP contribution in [-0.2, 0) is 0 Å². The fraction of sp³-hybridized carbons (Fsp3) is 0.423. The highest BCUT2D eigenvalue weighted by Crippen LogP contribution is 2.36. The van der Waals surface area contributed by atoms with Gasteiger partial charge in [-0.3, -0.25) is 4.99 Å². The van der Waals surface area contributed by atoms with Crippen LogP contribution >= 0.6 is 0 Å². The highest BCUT2D eigenvalue weighted by Gasteiger charge is 2.18. The molecule has 7 nitrogen and oxygen atoms in total. The van der Waals surface area contributed by atoms with Crippen LogP contribution in [0.2, 0.25) is 0 Å². The van der Waals surface area contributed by atoms with Crippen LogP contribution in [0.3, 0.4) is 0 Å². The number of nitrogens with two attached hydrogens (primary N) is 1. The number of halogens is 1. The molecule has 3 aromatic rings. The Hall–Kier alpha value is -3.26. The molecule has 0 bridgehead atoms. The molecule has 3 heterocycles. The number of pyridine rings is 2. The van der Waals surface area contributed by atoms with Crippen molar-refractivity contribution in [2.75, 3.05) is 37.8 Å². The molecule has 4 rings (SSSR count). The number of benzene rings is 1. The van der Waals surface area contributed by atoms with Crippen LogP contribution in [-0.4, -0.2) is 54.5 Å². The number of hydrogen-bond donors (Lipinski definition) is 3. The van der Waals surface area contributed by atoms with Gasteiger partial charge in [0.25, 0.3) is 0 Å². The van der Waals surface area contributed by atoms with Gasteiger partial charge in [0.15, 0.2) is 11.6 Å². The number of phenolic OH excluding ortho intramolecular Hbond substituents is 1. The summed E-state index contributed by atoms with van der Waals surface area (Å²) in [7, 11) is 3.52. The number of nitrogens with one attached hydrogen (secondary N) is 1. The number of phenols is 1. The van der Waals surface area contributed by atoms with Crippen molar-refractivity contribution in [2.45, 2.75) is 46.6 Å². The van der Waals surface area contributed by atoms with Crippen LogP contribution < -0.4 is 16.0 Å². The molecule has 0 unspecified atom stereocenters. The van der Waals surface area contributed by atoms with Crippen LogP contribution in [0.1, 0.15) is 46.1 Å². The molecule has 1 aliphatic rings. The summed E-state index contributed by atoms with van der Waals surface area (Å²) in [6.45, 7) is 10.3. The minimum absolute atomic E-state index is 0.139. The van der Waals surface area contributed by atoms with Gasteiger partial charge in [-0.15, -0.1) is 0 Å². The van der Waals surface area contributed by atoms with E-state index in [-0.39, 0.29) is 11.3 Å². The molecule has 0 spiro atoms. The Bertz CT molecular complexity index is 1110. The van der Waals surface area contributed by atoms with Crippen molar-refractivity contribution in [1.82, 2.24) is 15.3 Å². The summed E-state index contributed by atoms with van der Waals surface area (Å²) in [5, 5.41) is 13.3. The third-order valence-electron chi connectivity index (χ3n) is 5.39. The number of aliphatic imine (C=N–C) groups is 1. The molecule has 1 fully saturated rings. The van der Waals surface area contributed by atoms with Crippen LogP contribution in [0.15, 0.2) is 35.3 Å². The van der Waals surface area contributed by atoms with E-state index < -0.39 is 11.6 Å². The molecule has 2 aromatic heterocycles. The Morgan fingerprint density at radius 1 is 1.12 bits per heavy atom. The Morgan fingerprint density at radius 3 is 2.29 bits per heavy atom. The number of rotatable bonds is 4. The van der Waals surface area contributed by atoms with Gasteiger partial charge in [0.1, 0.15) is 5.82 Å². The van der Waals surface area contributed by atoms with E-state index in [4.69, 9.17) is 5.73 Å². The van der Waals surface area contributed by atoms with E-state index in [0.717, 1.165) is 24.4 Å². The quantitative estimate of drug-likeness (QED) is 0.368. The second kappa shape index (κ2) is 12.8. The highest BCUT2D eigenvalue weighted by atomic mass is 19.1. The minimum atomic E-state index is -0.869. The second-order valence-corrected chi connectivity index (χ2v) is 8.02. The smallest absolute Gasteiger partial charge is 0.189 e. The van der Waals surface area contributed by atoms with E-state index in [0.29, 0.717) is 22.8 Å². The molecule has 0 atom stereocenters. The van der Waals surface area contributed by atoms with Gasteiger partial charge in [0.05, 0.1) is 22.4 Å². The number of nitrogen functional groups attached to an aromatic ring is 1. The third-order valence-corrected chi connectivity index (χ3v) is 5.39. The number of aromatic nitrogens is 2. The van der Waals surface area contributed by atoms with Crippen molar-refractivity contribution in [3.63, 3.8) is 0 Å². The molecular weight excluding hydrogens is 431 g/mol. The highest BCUT2D eigenvalue weighted by molar-refractivity contribution is 5.91. The van der Waals surface area contributed by atoms with E-state index in [1.54, 1.807) is 19.2 Å². The zero-order valence-electron chi connectivity index (χ0n) is 21.1. The lowest BCUT2D eigenvalue weighted by Gasteiger charge is -2.16. The Kier molecular flexibility index (Phi) is 10.2. The first-order chi connectivity index (χ1) is 16.3. The van der Waals surface area contributed by atoms with E-state index in [9.17, 15) is 9.50 Å². The first kappa shape index (κ1) is 27.0. The van der Waals surface area contributed by atoms with Crippen molar-refractivity contribution in [3.8, 4) is 17.0 Å². The molecule has 184 valence electrons. The van der Waals surface area contributed by atoms with Gasteiger partial charge >= 0.3 is 0 Å². The lowest BCUT2D eigenvalue weighted by Crippen LogP contribution is -2.18. The van der Waals surface area contributed by atoms with Gasteiger partial charge in [-0.05, 0) is 50.2 Å². The SMILES string of the molecule is CC.CN=Cc1cc(-c2ccc3nc(N4CCCC4)ccc3n2)c(O)c(F)c1N.CNC(C)C. The molecule has 0 amide bonds. The summed E-state index contributed by atoms with van der Waals surface area (Å²) in [6.07, 6.45) is 3.82. The predicted molar refractivity (Wildman–Crippen MR) is 142 cm³/mol. The molecule has 0 saturated carbocycles. The number of hydrogen-bond acceptors (Lipinski definition) is 7. The average molecular weight is 469 g/mol. The molecular formula is C26H37FN6O. The van der Waals surface area contributed by atoms with Gasteiger partial charge in [-0.2, -0.15) is 0 Å². The molecule has 1 aromatic carbocycles. The second-order valence-electron chi connectivity index (χ2n) is 8.02. The number of anilines is 2. The average Bonchev–Trinajstić information content (AvgIpc) is 3.40. The molecule has 1 saturated heterocycles. The lowest BCUT2D eigenvalue weighted by molar-refractivity contribution is 0.436. The monoisotopic (exact) mass is 468 g/mol. The van der Waals surface area contributed by atoms with Crippen LogP contribution in [0.25, 0.3) is 22.3 Å². The molecule has 0 aliphatic carbocycles. The normalized spacial score (nSPS) is 13.1. The summed E-state index contributed by atoms with van der Waals surface area (Å²) in [5.74, 6) is -0.446.